The van der Waals surface area contributed by atoms with Crippen LogP contribution < -0.4 is 14.8 Å². The van der Waals surface area contributed by atoms with Gasteiger partial charge in [-0.15, -0.1) is 0 Å². The van der Waals surface area contributed by atoms with Gasteiger partial charge < -0.3 is 19.7 Å². The Kier molecular flexibility index (Phi) is 6.19. The van der Waals surface area contributed by atoms with E-state index >= 15 is 0 Å². The van der Waals surface area contributed by atoms with Crippen LogP contribution in [0.4, 0.5) is 0 Å². The lowest BCUT2D eigenvalue weighted by Gasteiger charge is -2.17. The summed E-state index contributed by atoms with van der Waals surface area (Å²) >= 11 is 0. The van der Waals surface area contributed by atoms with Crippen molar-refractivity contribution in [1.82, 2.24) is 10.2 Å². The van der Waals surface area contributed by atoms with Gasteiger partial charge in [0.1, 0.15) is 18.1 Å². The maximum Gasteiger partial charge on any atom is 0.253 e. The van der Waals surface area contributed by atoms with Crippen molar-refractivity contribution < 1.29 is 19.1 Å². The maximum absolute atomic E-state index is 12.8. The van der Waals surface area contributed by atoms with Crippen molar-refractivity contribution >= 4 is 11.8 Å². The topological polar surface area (TPSA) is 67.9 Å². The molecule has 6 nitrogen and oxygen atoms in total. The van der Waals surface area contributed by atoms with Crippen LogP contribution in [0.2, 0.25) is 0 Å². The number of nitrogens with zero attached hydrogens (tertiary/aromatic N) is 1. The van der Waals surface area contributed by atoms with E-state index in [1.165, 1.54) is 0 Å². The average molecular weight is 382 g/mol. The van der Waals surface area contributed by atoms with Gasteiger partial charge in [0, 0.05) is 31.1 Å². The molecule has 1 heterocycles. The minimum absolute atomic E-state index is 0.0395. The smallest absolute Gasteiger partial charge is 0.253 e. The minimum Gasteiger partial charge on any atom is -0.497 e. The summed E-state index contributed by atoms with van der Waals surface area (Å²) in [5, 5.41) is 2.94. The van der Waals surface area contributed by atoms with E-state index in [9.17, 15) is 9.59 Å². The van der Waals surface area contributed by atoms with E-state index < -0.39 is 0 Å². The van der Waals surface area contributed by atoms with E-state index in [2.05, 4.69) is 5.32 Å². The van der Waals surface area contributed by atoms with Crippen LogP contribution in [0.3, 0.4) is 0 Å². The third-order valence-corrected chi connectivity index (χ3v) is 4.75. The number of carbonyl (C=O) groups is 2. The molecule has 2 bridgehead atoms. The largest absolute Gasteiger partial charge is 0.497 e. The van der Waals surface area contributed by atoms with Crippen LogP contribution in [0.5, 0.6) is 11.5 Å². The van der Waals surface area contributed by atoms with Gasteiger partial charge in [-0.1, -0.05) is 12.1 Å². The first-order valence-electron chi connectivity index (χ1n) is 9.44. The Morgan fingerprint density at radius 1 is 1.14 bits per heavy atom. The molecule has 0 aliphatic carbocycles. The highest BCUT2D eigenvalue weighted by atomic mass is 16.5. The molecule has 2 aromatic carbocycles. The monoisotopic (exact) mass is 382 g/mol. The molecule has 148 valence electrons. The lowest BCUT2D eigenvalue weighted by Crippen LogP contribution is -2.37. The van der Waals surface area contributed by atoms with Crippen molar-refractivity contribution in [1.29, 1.82) is 0 Å². The number of rotatable bonds is 1. The highest BCUT2D eigenvalue weighted by Crippen LogP contribution is 2.34. The highest BCUT2D eigenvalue weighted by Gasteiger charge is 2.17. The fourth-order valence-electron chi connectivity index (χ4n) is 3.21. The maximum atomic E-state index is 12.8. The molecule has 0 saturated carbocycles. The number of hydrogen-bond donors (Lipinski definition) is 1. The van der Waals surface area contributed by atoms with Crippen molar-refractivity contribution in [3.8, 4) is 22.6 Å². The Morgan fingerprint density at radius 3 is 2.71 bits per heavy atom. The Morgan fingerprint density at radius 2 is 1.93 bits per heavy atom. The van der Waals surface area contributed by atoms with Crippen LogP contribution in [-0.4, -0.2) is 50.1 Å². The summed E-state index contributed by atoms with van der Waals surface area (Å²) in [7, 11) is 3.37. The zero-order valence-electron chi connectivity index (χ0n) is 16.5. The lowest BCUT2D eigenvalue weighted by atomic mass is 10.0. The number of benzene rings is 2. The van der Waals surface area contributed by atoms with Crippen LogP contribution >= 0.6 is 0 Å². The SMILES string of the molecule is COc1ccc2c(c1)-c1cccc(c1)C(=O)N(C)CCCC(=O)N[C@H](C)CO2. The fraction of sp³-hybridized carbons (Fsp3) is 0.364. The standard InChI is InChI=1S/C22H26N2O4/c1-15-14-28-20-10-9-18(27-3)13-19(20)16-6-4-7-17(12-16)22(26)24(2)11-5-8-21(25)23-15/h4,6-7,9-10,12-13,15H,5,8,11,14H2,1-3H3,(H,23,25)/t15-/m1/s1. The number of amides is 2. The Labute approximate surface area is 165 Å². The molecule has 0 saturated heterocycles. The minimum atomic E-state index is -0.127. The predicted molar refractivity (Wildman–Crippen MR) is 108 cm³/mol. The molecule has 0 spiro atoms. The van der Waals surface area contributed by atoms with Crippen LogP contribution in [0.25, 0.3) is 11.1 Å². The molecular weight excluding hydrogens is 356 g/mol. The van der Waals surface area contributed by atoms with Gasteiger partial charge in [0.2, 0.25) is 5.91 Å². The summed E-state index contributed by atoms with van der Waals surface area (Å²) in [6.45, 7) is 2.78. The molecule has 1 atom stereocenters. The number of fused-ring (bicyclic) bond motifs is 4. The molecule has 0 aromatic heterocycles. The second-order valence-corrected chi connectivity index (χ2v) is 7.05. The fourth-order valence-corrected chi connectivity index (χ4v) is 3.21. The zero-order chi connectivity index (χ0) is 20.1. The van der Waals surface area contributed by atoms with Crippen molar-refractivity contribution in [2.45, 2.75) is 25.8 Å². The normalized spacial score (nSPS) is 18.2. The first kappa shape index (κ1) is 19.7. The summed E-state index contributed by atoms with van der Waals surface area (Å²) in [5.74, 6) is 1.27. The molecule has 1 aliphatic rings. The first-order chi connectivity index (χ1) is 13.5. The molecule has 0 unspecified atom stereocenters. The van der Waals surface area contributed by atoms with Gasteiger partial charge >= 0.3 is 0 Å². The third-order valence-electron chi connectivity index (χ3n) is 4.75. The van der Waals surface area contributed by atoms with Crippen molar-refractivity contribution in [2.24, 2.45) is 0 Å². The van der Waals surface area contributed by atoms with Crippen LogP contribution in [-0.2, 0) is 4.79 Å². The predicted octanol–water partition coefficient (Wildman–Crippen LogP) is 3.11. The number of carbonyl (C=O) groups excluding carboxylic acids is 2. The van der Waals surface area contributed by atoms with E-state index in [4.69, 9.17) is 9.47 Å². The Bertz CT molecular complexity index is 865. The summed E-state index contributed by atoms with van der Waals surface area (Å²) in [5.41, 5.74) is 2.31. The number of ether oxygens (including phenoxy) is 2. The van der Waals surface area contributed by atoms with Crippen molar-refractivity contribution in [2.75, 3.05) is 27.3 Å². The third kappa shape index (κ3) is 4.63. The quantitative estimate of drug-likeness (QED) is 0.823. The van der Waals surface area contributed by atoms with Gasteiger partial charge in [-0.2, -0.15) is 0 Å². The van der Waals surface area contributed by atoms with Gasteiger partial charge in [0.15, 0.2) is 0 Å². The molecule has 1 aliphatic heterocycles. The highest BCUT2D eigenvalue weighted by molar-refractivity contribution is 5.95. The van der Waals surface area contributed by atoms with E-state index in [0.717, 1.165) is 11.1 Å². The van der Waals surface area contributed by atoms with E-state index in [-0.39, 0.29) is 17.9 Å². The Hall–Kier alpha value is -3.02. The summed E-state index contributed by atoms with van der Waals surface area (Å²) in [6, 6.07) is 12.9. The molecule has 1 N–H and O–H groups in total. The first-order valence-corrected chi connectivity index (χ1v) is 9.44. The molecule has 3 rings (SSSR count). The molecule has 6 heteroatoms. The van der Waals surface area contributed by atoms with Gasteiger partial charge in [0.05, 0.1) is 13.2 Å². The van der Waals surface area contributed by atoms with Gasteiger partial charge in [-0.25, -0.2) is 0 Å². The van der Waals surface area contributed by atoms with Gasteiger partial charge in [-0.3, -0.25) is 9.59 Å². The Balaban J connectivity index is 2.03. The van der Waals surface area contributed by atoms with Crippen molar-refractivity contribution in [3.05, 3.63) is 48.0 Å². The number of hydrogen-bond acceptors (Lipinski definition) is 4. The average Bonchev–Trinajstić information content (AvgIpc) is 2.71. The van der Waals surface area contributed by atoms with Crippen LogP contribution in [0.15, 0.2) is 42.5 Å². The van der Waals surface area contributed by atoms with Gasteiger partial charge in [0.25, 0.3) is 5.91 Å². The molecule has 0 fully saturated rings. The van der Waals surface area contributed by atoms with E-state index in [1.807, 2.05) is 43.3 Å². The second-order valence-electron chi connectivity index (χ2n) is 7.05. The number of nitrogens with one attached hydrogen (secondary N) is 1. The second kappa shape index (κ2) is 8.78. The zero-order valence-corrected chi connectivity index (χ0v) is 16.5. The molecule has 28 heavy (non-hydrogen) atoms. The van der Waals surface area contributed by atoms with Gasteiger partial charge in [-0.05, 0) is 49.2 Å². The van der Waals surface area contributed by atoms with E-state index in [1.54, 1.807) is 25.1 Å². The number of methoxy groups -OCH3 is 1. The van der Waals surface area contributed by atoms with Crippen molar-refractivity contribution in [3.63, 3.8) is 0 Å². The molecule has 2 amide bonds. The molecule has 0 radical (unpaired) electrons. The summed E-state index contributed by atoms with van der Waals surface area (Å²) in [6.07, 6.45) is 0.981. The van der Waals surface area contributed by atoms with Crippen LogP contribution in [0.1, 0.15) is 30.1 Å². The molecule has 2 aromatic rings. The molecular formula is C22H26N2O4. The summed E-state index contributed by atoms with van der Waals surface area (Å²) < 4.78 is 11.4. The van der Waals surface area contributed by atoms with E-state index in [0.29, 0.717) is 43.1 Å². The summed E-state index contributed by atoms with van der Waals surface area (Å²) in [4.78, 5) is 26.5. The van der Waals surface area contributed by atoms with Crippen LogP contribution in [0, 0.1) is 0 Å². The lowest BCUT2D eigenvalue weighted by molar-refractivity contribution is -0.122.